The van der Waals surface area contributed by atoms with Gasteiger partial charge in [-0.1, -0.05) is 11.6 Å². The molecule has 3 rings (SSSR count). The summed E-state index contributed by atoms with van der Waals surface area (Å²) in [5, 5.41) is 9.39. The molecule has 0 atom stereocenters. The molecule has 0 saturated heterocycles. The Balaban J connectivity index is 1.70. The number of nitrogens with one attached hydrogen (secondary N) is 1. The number of nitrogens with zero attached hydrogens (tertiary/aromatic N) is 1. The van der Waals surface area contributed by atoms with Gasteiger partial charge in [0, 0.05) is 10.6 Å². The quantitative estimate of drug-likeness (QED) is 0.735. The summed E-state index contributed by atoms with van der Waals surface area (Å²) >= 11 is 5.86. The summed E-state index contributed by atoms with van der Waals surface area (Å²) in [6.45, 7) is 0.0237. The molecule has 0 aliphatic heterocycles. The van der Waals surface area contributed by atoms with Crippen LogP contribution >= 0.6 is 11.6 Å². The van der Waals surface area contributed by atoms with E-state index in [1.807, 2.05) is 18.2 Å². The van der Waals surface area contributed by atoms with Crippen LogP contribution in [0.15, 0.2) is 70.0 Å². The van der Waals surface area contributed by atoms with Gasteiger partial charge in [0.15, 0.2) is 0 Å². The third-order valence-corrected chi connectivity index (χ3v) is 5.19. The summed E-state index contributed by atoms with van der Waals surface area (Å²) in [4.78, 5) is 0.0935. The second-order valence-corrected chi connectivity index (χ2v) is 7.44. The first-order chi connectivity index (χ1) is 12.0. The molecular weight excluding hydrogens is 360 g/mol. The summed E-state index contributed by atoms with van der Waals surface area (Å²) in [5.41, 5.74) is 1.25. The molecule has 0 fully saturated rings. The van der Waals surface area contributed by atoms with Crippen LogP contribution in [0.4, 0.5) is 0 Å². The Hall–Kier alpha value is -2.59. The standard InChI is InChI=1S/C18H13ClN2O3S/c19-15-5-3-14(4-6-15)18-10-7-16(24-18)12-21-25(22,23)17-8-1-13(11-20)2-9-17/h1-10,21H,12H2. The van der Waals surface area contributed by atoms with E-state index in [1.54, 1.807) is 24.3 Å². The molecule has 126 valence electrons. The summed E-state index contributed by atoms with van der Waals surface area (Å²) in [6, 6.07) is 18.3. The summed E-state index contributed by atoms with van der Waals surface area (Å²) in [6.07, 6.45) is 0. The number of furan rings is 1. The maximum absolute atomic E-state index is 12.3. The number of hydrogen-bond donors (Lipinski definition) is 1. The van der Waals surface area contributed by atoms with Gasteiger partial charge in [-0.05, 0) is 60.7 Å². The van der Waals surface area contributed by atoms with Crippen LogP contribution in [0.1, 0.15) is 11.3 Å². The Morgan fingerprint density at radius 1 is 1.00 bits per heavy atom. The first kappa shape index (κ1) is 17.2. The van der Waals surface area contributed by atoms with Crippen molar-refractivity contribution in [1.29, 1.82) is 5.26 Å². The van der Waals surface area contributed by atoms with Crippen molar-refractivity contribution in [2.45, 2.75) is 11.4 Å². The summed E-state index contributed by atoms with van der Waals surface area (Å²) < 4.78 is 32.7. The topological polar surface area (TPSA) is 83.1 Å². The maximum atomic E-state index is 12.3. The van der Waals surface area contributed by atoms with E-state index in [1.165, 1.54) is 24.3 Å². The number of nitriles is 1. The number of benzene rings is 2. The molecule has 0 aliphatic rings. The molecule has 2 aromatic carbocycles. The highest BCUT2D eigenvalue weighted by Gasteiger charge is 2.15. The summed E-state index contributed by atoms with van der Waals surface area (Å²) in [5.74, 6) is 1.12. The van der Waals surface area contributed by atoms with E-state index in [9.17, 15) is 8.42 Å². The van der Waals surface area contributed by atoms with Crippen molar-refractivity contribution < 1.29 is 12.8 Å². The molecule has 7 heteroatoms. The van der Waals surface area contributed by atoms with Crippen LogP contribution in [0.5, 0.6) is 0 Å². The molecule has 0 bridgehead atoms. The van der Waals surface area contributed by atoms with Crippen LogP contribution in [0.3, 0.4) is 0 Å². The number of rotatable bonds is 5. The van der Waals surface area contributed by atoms with Crippen LogP contribution < -0.4 is 4.72 Å². The molecule has 1 aromatic heterocycles. The number of halogens is 1. The molecule has 1 heterocycles. The first-order valence-electron chi connectivity index (χ1n) is 7.32. The zero-order valence-electron chi connectivity index (χ0n) is 12.9. The van der Waals surface area contributed by atoms with Crippen molar-refractivity contribution in [1.82, 2.24) is 4.72 Å². The SMILES string of the molecule is N#Cc1ccc(S(=O)(=O)NCc2ccc(-c3ccc(Cl)cc3)o2)cc1. The lowest BCUT2D eigenvalue weighted by Crippen LogP contribution is -2.22. The molecule has 0 aliphatic carbocycles. The smallest absolute Gasteiger partial charge is 0.240 e. The highest BCUT2D eigenvalue weighted by atomic mass is 35.5. The van der Waals surface area contributed by atoms with Gasteiger partial charge >= 0.3 is 0 Å². The van der Waals surface area contributed by atoms with Gasteiger partial charge in [0.25, 0.3) is 0 Å². The van der Waals surface area contributed by atoms with Crippen molar-refractivity contribution in [3.8, 4) is 17.4 Å². The molecular formula is C18H13ClN2O3S. The first-order valence-corrected chi connectivity index (χ1v) is 9.18. The minimum absolute atomic E-state index is 0.0237. The van der Waals surface area contributed by atoms with E-state index in [-0.39, 0.29) is 11.4 Å². The fraction of sp³-hybridized carbons (Fsp3) is 0.0556. The lowest BCUT2D eigenvalue weighted by molar-refractivity contribution is 0.509. The summed E-state index contributed by atoms with van der Waals surface area (Å²) in [7, 11) is -3.68. The van der Waals surface area contributed by atoms with E-state index in [4.69, 9.17) is 21.3 Å². The zero-order valence-corrected chi connectivity index (χ0v) is 14.5. The van der Waals surface area contributed by atoms with Gasteiger partial charge in [-0.2, -0.15) is 5.26 Å². The molecule has 0 saturated carbocycles. The highest BCUT2D eigenvalue weighted by molar-refractivity contribution is 7.89. The van der Waals surface area contributed by atoms with Crippen molar-refractivity contribution in [3.63, 3.8) is 0 Å². The molecule has 0 amide bonds. The van der Waals surface area contributed by atoms with E-state index >= 15 is 0 Å². The number of sulfonamides is 1. The molecule has 3 aromatic rings. The Morgan fingerprint density at radius 3 is 2.32 bits per heavy atom. The highest BCUT2D eigenvalue weighted by Crippen LogP contribution is 2.24. The molecule has 0 spiro atoms. The van der Waals surface area contributed by atoms with Crippen LogP contribution in [0, 0.1) is 11.3 Å². The molecule has 0 unspecified atom stereocenters. The predicted octanol–water partition coefficient (Wildman–Crippen LogP) is 3.95. The van der Waals surface area contributed by atoms with Crippen molar-refractivity contribution in [3.05, 3.63) is 77.0 Å². The third-order valence-electron chi connectivity index (χ3n) is 3.52. The molecule has 5 nitrogen and oxygen atoms in total. The van der Waals surface area contributed by atoms with Crippen LogP contribution in [-0.2, 0) is 16.6 Å². The number of hydrogen-bond acceptors (Lipinski definition) is 4. The second kappa shape index (κ2) is 7.11. The third kappa shape index (κ3) is 4.09. The molecule has 1 N–H and O–H groups in total. The average Bonchev–Trinajstić information content (AvgIpc) is 3.10. The van der Waals surface area contributed by atoms with Gasteiger partial charge < -0.3 is 4.42 Å². The van der Waals surface area contributed by atoms with Crippen molar-refractivity contribution >= 4 is 21.6 Å². The van der Waals surface area contributed by atoms with E-state index in [0.717, 1.165) is 5.56 Å². The minimum Gasteiger partial charge on any atom is -0.460 e. The van der Waals surface area contributed by atoms with Gasteiger partial charge in [-0.15, -0.1) is 0 Å². The van der Waals surface area contributed by atoms with Crippen molar-refractivity contribution in [2.75, 3.05) is 0 Å². The van der Waals surface area contributed by atoms with Gasteiger partial charge in [0.05, 0.1) is 23.1 Å². The van der Waals surface area contributed by atoms with Gasteiger partial charge in [-0.3, -0.25) is 0 Å². The Labute approximate surface area is 150 Å². The van der Waals surface area contributed by atoms with Crippen LogP contribution in [0.25, 0.3) is 11.3 Å². The zero-order chi connectivity index (χ0) is 17.9. The van der Waals surface area contributed by atoms with E-state index < -0.39 is 10.0 Å². The lowest BCUT2D eigenvalue weighted by Gasteiger charge is -2.05. The fourth-order valence-electron chi connectivity index (χ4n) is 2.20. The Kier molecular flexibility index (Phi) is 4.91. The molecule has 25 heavy (non-hydrogen) atoms. The van der Waals surface area contributed by atoms with Gasteiger partial charge in [0.2, 0.25) is 10.0 Å². The maximum Gasteiger partial charge on any atom is 0.240 e. The van der Waals surface area contributed by atoms with Crippen molar-refractivity contribution in [2.24, 2.45) is 0 Å². The van der Waals surface area contributed by atoms with E-state index in [0.29, 0.717) is 22.1 Å². The van der Waals surface area contributed by atoms with E-state index in [2.05, 4.69) is 4.72 Å². The largest absolute Gasteiger partial charge is 0.460 e. The second-order valence-electron chi connectivity index (χ2n) is 5.23. The fourth-order valence-corrected chi connectivity index (χ4v) is 3.32. The van der Waals surface area contributed by atoms with Gasteiger partial charge in [0.1, 0.15) is 11.5 Å². The Bertz CT molecular complexity index is 1020. The monoisotopic (exact) mass is 372 g/mol. The normalized spacial score (nSPS) is 11.2. The predicted molar refractivity (Wildman–Crippen MR) is 94.3 cm³/mol. The lowest BCUT2D eigenvalue weighted by atomic mass is 10.2. The van der Waals surface area contributed by atoms with Gasteiger partial charge in [-0.25, -0.2) is 13.1 Å². The minimum atomic E-state index is -3.68. The van der Waals surface area contributed by atoms with Crippen LogP contribution in [-0.4, -0.2) is 8.42 Å². The molecule has 0 radical (unpaired) electrons. The Morgan fingerprint density at radius 2 is 1.68 bits per heavy atom. The van der Waals surface area contributed by atoms with Crippen LogP contribution in [0.2, 0.25) is 5.02 Å². The average molecular weight is 373 g/mol.